The molecule has 182 valence electrons. The molecule has 1 fully saturated rings. The number of benzene rings is 2. The van der Waals surface area contributed by atoms with Gasteiger partial charge in [-0.15, -0.1) is 0 Å². The van der Waals surface area contributed by atoms with Crippen LogP contribution in [0.3, 0.4) is 0 Å². The lowest BCUT2D eigenvalue weighted by Crippen LogP contribution is -2.32. The summed E-state index contributed by atoms with van der Waals surface area (Å²) in [7, 11) is 5.30. The summed E-state index contributed by atoms with van der Waals surface area (Å²) in [4.78, 5) is 29.6. The highest BCUT2D eigenvalue weighted by molar-refractivity contribution is 6.46. The van der Waals surface area contributed by atoms with E-state index in [0.717, 1.165) is 13.0 Å². The first-order valence-corrected chi connectivity index (χ1v) is 11.3. The molecule has 1 heterocycles. The van der Waals surface area contributed by atoms with E-state index in [2.05, 4.69) is 0 Å². The van der Waals surface area contributed by atoms with Crippen molar-refractivity contribution in [2.75, 3.05) is 40.9 Å². The fourth-order valence-corrected chi connectivity index (χ4v) is 3.96. The normalized spacial score (nSPS) is 17.4. The van der Waals surface area contributed by atoms with Gasteiger partial charge in [-0.3, -0.25) is 9.59 Å². The molecule has 1 saturated heterocycles. The molecule has 2 aromatic carbocycles. The van der Waals surface area contributed by atoms with E-state index in [1.165, 1.54) is 18.1 Å². The van der Waals surface area contributed by atoms with E-state index in [1.807, 2.05) is 25.9 Å². The van der Waals surface area contributed by atoms with Gasteiger partial charge in [-0.1, -0.05) is 13.0 Å². The monoisotopic (exact) mass is 468 g/mol. The summed E-state index contributed by atoms with van der Waals surface area (Å²) in [5.74, 6) is -0.854. The van der Waals surface area contributed by atoms with Gasteiger partial charge in [-0.2, -0.15) is 0 Å². The molecule has 1 aliphatic heterocycles. The Bertz CT molecular complexity index is 1060. The largest absolute Gasteiger partial charge is 0.507 e. The van der Waals surface area contributed by atoms with Crippen LogP contribution in [0.5, 0.6) is 17.2 Å². The molecule has 2 N–H and O–H groups in total. The van der Waals surface area contributed by atoms with Gasteiger partial charge in [0.05, 0.1) is 25.3 Å². The number of likely N-dealkylation sites (tertiary alicyclic amines) is 1. The van der Waals surface area contributed by atoms with Crippen LogP contribution >= 0.6 is 0 Å². The predicted octanol–water partition coefficient (Wildman–Crippen LogP) is 3.56. The Morgan fingerprint density at radius 2 is 1.82 bits per heavy atom. The quantitative estimate of drug-likeness (QED) is 0.312. The van der Waals surface area contributed by atoms with Gasteiger partial charge < -0.3 is 29.5 Å². The van der Waals surface area contributed by atoms with Crippen LogP contribution in [-0.2, 0) is 9.59 Å². The summed E-state index contributed by atoms with van der Waals surface area (Å²) >= 11 is 0. The highest BCUT2D eigenvalue weighted by Gasteiger charge is 2.46. The number of aliphatic hydroxyl groups excluding tert-OH is 1. The minimum absolute atomic E-state index is 0.00447. The number of methoxy groups -OCH3 is 1. The molecule has 1 amide bonds. The summed E-state index contributed by atoms with van der Waals surface area (Å²) in [5, 5.41) is 21.2. The van der Waals surface area contributed by atoms with E-state index < -0.39 is 17.7 Å². The summed E-state index contributed by atoms with van der Waals surface area (Å²) in [5.41, 5.74) is 0.971. The summed E-state index contributed by atoms with van der Waals surface area (Å²) in [6.45, 7) is 3.65. The Kier molecular flexibility index (Phi) is 8.17. The van der Waals surface area contributed by atoms with Crippen molar-refractivity contribution < 1.29 is 29.3 Å². The smallest absolute Gasteiger partial charge is 0.295 e. The van der Waals surface area contributed by atoms with Gasteiger partial charge in [0.15, 0.2) is 11.5 Å². The van der Waals surface area contributed by atoms with Crippen LogP contribution in [0.4, 0.5) is 0 Å². The van der Waals surface area contributed by atoms with Crippen LogP contribution < -0.4 is 9.47 Å². The molecular weight excluding hydrogens is 436 g/mol. The Morgan fingerprint density at radius 3 is 2.44 bits per heavy atom. The lowest BCUT2D eigenvalue weighted by Gasteiger charge is -2.26. The number of ketones is 1. The summed E-state index contributed by atoms with van der Waals surface area (Å²) in [6.07, 6.45) is 1.52. The van der Waals surface area contributed by atoms with Crippen LogP contribution in [0.1, 0.15) is 36.9 Å². The second-order valence-corrected chi connectivity index (χ2v) is 8.45. The molecule has 1 aliphatic rings. The number of Topliss-reactive ketones (excluding diaryl/α,β-unsaturated/α-hetero) is 1. The van der Waals surface area contributed by atoms with E-state index in [1.54, 1.807) is 36.4 Å². The summed E-state index contributed by atoms with van der Waals surface area (Å²) < 4.78 is 10.8. The van der Waals surface area contributed by atoms with Crippen molar-refractivity contribution in [1.29, 1.82) is 0 Å². The van der Waals surface area contributed by atoms with Crippen LogP contribution in [0, 0.1) is 0 Å². The average Bonchev–Trinajstić information content (AvgIpc) is 3.07. The third kappa shape index (κ3) is 5.34. The Balaban J connectivity index is 2.06. The van der Waals surface area contributed by atoms with Crippen molar-refractivity contribution >= 4 is 17.4 Å². The standard InChI is InChI=1S/C26H32N2O6/c1-5-15-34-19-10-7-17(8-11-19)24(30)22-23(18-9-12-20(29)21(16-18)33-4)28(26(32)25(22)31)14-6-13-27(2)3/h7-12,16,23,29-30H,5-6,13-15H2,1-4H3/b24-22+/t23-/m0/s1. The number of hydrogen-bond acceptors (Lipinski definition) is 7. The number of amides is 1. The highest BCUT2D eigenvalue weighted by atomic mass is 16.5. The zero-order chi connectivity index (χ0) is 24.8. The summed E-state index contributed by atoms with van der Waals surface area (Å²) in [6, 6.07) is 10.6. The third-order valence-electron chi connectivity index (χ3n) is 5.66. The van der Waals surface area contributed by atoms with Gasteiger partial charge in [0.1, 0.15) is 11.5 Å². The molecule has 2 aromatic rings. The molecule has 8 heteroatoms. The van der Waals surface area contributed by atoms with Gasteiger partial charge in [0.2, 0.25) is 0 Å². The molecule has 8 nitrogen and oxygen atoms in total. The van der Waals surface area contributed by atoms with Gasteiger partial charge in [0.25, 0.3) is 11.7 Å². The first-order valence-electron chi connectivity index (χ1n) is 11.3. The zero-order valence-corrected chi connectivity index (χ0v) is 20.1. The minimum atomic E-state index is -0.812. The predicted molar refractivity (Wildman–Crippen MR) is 129 cm³/mol. The fraction of sp³-hybridized carbons (Fsp3) is 0.385. The van der Waals surface area contributed by atoms with Gasteiger partial charge in [-0.05, 0) is 75.4 Å². The maximum atomic E-state index is 13.1. The Labute approximate surface area is 200 Å². The lowest BCUT2D eigenvalue weighted by atomic mass is 9.95. The number of phenolic OH excluding ortho intramolecular Hbond substituents is 1. The van der Waals surface area contributed by atoms with Crippen LogP contribution in [0.25, 0.3) is 5.76 Å². The van der Waals surface area contributed by atoms with Gasteiger partial charge in [-0.25, -0.2) is 0 Å². The zero-order valence-electron chi connectivity index (χ0n) is 20.1. The van der Waals surface area contributed by atoms with Crippen molar-refractivity contribution in [3.05, 3.63) is 59.2 Å². The van der Waals surface area contributed by atoms with E-state index in [4.69, 9.17) is 9.47 Å². The van der Waals surface area contributed by atoms with Gasteiger partial charge in [0, 0.05) is 12.1 Å². The molecule has 0 bridgehead atoms. The van der Waals surface area contributed by atoms with Crippen molar-refractivity contribution in [1.82, 2.24) is 9.80 Å². The van der Waals surface area contributed by atoms with Crippen LogP contribution in [-0.4, -0.2) is 72.6 Å². The average molecular weight is 469 g/mol. The van der Waals surface area contributed by atoms with Crippen molar-refractivity contribution in [2.45, 2.75) is 25.8 Å². The number of hydrogen-bond donors (Lipinski definition) is 2. The molecule has 0 saturated carbocycles. The molecule has 0 radical (unpaired) electrons. The second-order valence-electron chi connectivity index (χ2n) is 8.45. The third-order valence-corrected chi connectivity index (χ3v) is 5.66. The molecule has 3 rings (SSSR count). The molecule has 0 spiro atoms. The molecule has 1 atom stereocenters. The molecule has 0 unspecified atom stereocenters. The number of aromatic hydroxyl groups is 1. The van der Waals surface area contributed by atoms with Gasteiger partial charge >= 0.3 is 0 Å². The van der Waals surface area contributed by atoms with E-state index in [0.29, 0.717) is 36.4 Å². The number of ether oxygens (including phenoxy) is 2. The molecule has 0 aromatic heterocycles. The SMILES string of the molecule is CCCOc1ccc(/C(O)=C2\C(=O)C(=O)N(CCCN(C)C)[C@H]2c2ccc(O)c(OC)c2)cc1. The number of rotatable bonds is 10. The first kappa shape index (κ1) is 25.1. The Morgan fingerprint density at radius 1 is 1.12 bits per heavy atom. The lowest BCUT2D eigenvalue weighted by molar-refractivity contribution is -0.139. The number of nitrogens with zero attached hydrogens (tertiary/aromatic N) is 2. The fourth-order valence-electron chi connectivity index (χ4n) is 3.96. The molecular formula is C26H32N2O6. The molecule has 34 heavy (non-hydrogen) atoms. The maximum Gasteiger partial charge on any atom is 0.295 e. The number of carbonyl (C=O) groups is 2. The highest BCUT2D eigenvalue weighted by Crippen LogP contribution is 2.41. The van der Waals surface area contributed by atoms with E-state index in [9.17, 15) is 19.8 Å². The number of carbonyl (C=O) groups excluding carboxylic acids is 2. The van der Waals surface area contributed by atoms with Crippen molar-refractivity contribution in [3.63, 3.8) is 0 Å². The van der Waals surface area contributed by atoms with Crippen LogP contribution in [0.15, 0.2) is 48.0 Å². The number of phenols is 1. The maximum absolute atomic E-state index is 13.1. The first-order chi connectivity index (χ1) is 16.3. The molecule has 0 aliphatic carbocycles. The van der Waals surface area contributed by atoms with Crippen molar-refractivity contribution in [2.24, 2.45) is 0 Å². The number of aliphatic hydroxyl groups is 1. The minimum Gasteiger partial charge on any atom is -0.507 e. The Hall–Kier alpha value is -3.52. The van der Waals surface area contributed by atoms with E-state index in [-0.39, 0.29) is 22.8 Å². The van der Waals surface area contributed by atoms with Crippen molar-refractivity contribution in [3.8, 4) is 17.2 Å². The van der Waals surface area contributed by atoms with E-state index >= 15 is 0 Å². The topological polar surface area (TPSA) is 99.5 Å². The van der Waals surface area contributed by atoms with Crippen LogP contribution in [0.2, 0.25) is 0 Å². The second kappa shape index (κ2) is 11.1.